The molecule has 0 saturated heterocycles. The normalized spacial score (nSPS) is 12.5. The lowest BCUT2D eigenvalue weighted by molar-refractivity contribution is 0.177. The zero-order valence-corrected chi connectivity index (χ0v) is 10.5. The van der Waals surface area contributed by atoms with Gasteiger partial charge in [0.2, 0.25) is 0 Å². The molecule has 0 aliphatic heterocycles. The van der Waals surface area contributed by atoms with Gasteiger partial charge in [0.05, 0.1) is 11.8 Å². The summed E-state index contributed by atoms with van der Waals surface area (Å²) in [5.41, 5.74) is 1.87. The molecule has 2 heteroatoms. The van der Waals surface area contributed by atoms with Crippen LogP contribution in [0.1, 0.15) is 17.4 Å². The Morgan fingerprint density at radius 1 is 0.895 bits per heavy atom. The average Bonchev–Trinajstić information content (AvgIpc) is 2.48. The van der Waals surface area contributed by atoms with E-state index >= 15 is 0 Å². The van der Waals surface area contributed by atoms with Crippen LogP contribution in [-0.4, -0.2) is 10.1 Å². The molecule has 1 atom stereocenters. The van der Waals surface area contributed by atoms with E-state index in [1.54, 1.807) is 6.20 Å². The van der Waals surface area contributed by atoms with E-state index in [-0.39, 0.29) is 0 Å². The maximum absolute atomic E-state index is 10.3. The smallest absolute Gasteiger partial charge is 0.0845 e. The molecule has 0 aliphatic rings. The van der Waals surface area contributed by atoms with Crippen molar-refractivity contribution >= 4 is 10.8 Å². The second-order valence-electron chi connectivity index (χ2n) is 4.61. The summed E-state index contributed by atoms with van der Waals surface area (Å²) in [4.78, 5) is 4.41. The first kappa shape index (κ1) is 11.9. The zero-order chi connectivity index (χ0) is 13.1. The summed E-state index contributed by atoms with van der Waals surface area (Å²) >= 11 is 0. The fraction of sp³-hybridized carbons (Fsp3) is 0.118. The molecule has 0 unspecified atom stereocenters. The molecule has 1 aromatic heterocycles. The average molecular weight is 249 g/mol. The standard InChI is InChI=1S/C17H15NO/c19-17(14-7-2-1-3-8-14)12-16-15-9-5-4-6-13(15)10-11-18-16/h1-11,17,19H,12H2/t17-/m0/s1. The van der Waals surface area contributed by atoms with Crippen molar-refractivity contribution < 1.29 is 5.11 Å². The Bertz CT molecular complexity index is 674. The fourth-order valence-electron chi connectivity index (χ4n) is 2.32. The maximum atomic E-state index is 10.3. The molecule has 0 radical (unpaired) electrons. The van der Waals surface area contributed by atoms with Crippen molar-refractivity contribution in [2.45, 2.75) is 12.5 Å². The summed E-state index contributed by atoms with van der Waals surface area (Å²) in [5.74, 6) is 0. The molecule has 2 nitrogen and oxygen atoms in total. The van der Waals surface area contributed by atoms with Crippen LogP contribution in [0.4, 0.5) is 0 Å². The predicted molar refractivity (Wildman–Crippen MR) is 76.8 cm³/mol. The largest absolute Gasteiger partial charge is 0.388 e. The molecule has 0 fully saturated rings. The molecule has 3 aromatic rings. The first-order valence-corrected chi connectivity index (χ1v) is 6.40. The van der Waals surface area contributed by atoms with Crippen molar-refractivity contribution in [3.05, 3.63) is 78.1 Å². The van der Waals surface area contributed by atoms with Crippen LogP contribution in [0.5, 0.6) is 0 Å². The number of aliphatic hydroxyl groups excluding tert-OH is 1. The minimum Gasteiger partial charge on any atom is -0.388 e. The second-order valence-corrected chi connectivity index (χ2v) is 4.61. The highest BCUT2D eigenvalue weighted by Gasteiger charge is 2.11. The van der Waals surface area contributed by atoms with Gasteiger partial charge >= 0.3 is 0 Å². The van der Waals surface area contributed by atoms with E-state index in [1.165, 1.54) is 0 Å². The summed E-state index contributed by atoms with van der Waals surface area (Å²) in [7, 11) is 0. The van der Waals surface area contributed by atoms with Gasteiger partial charge in [0.1, 0.15) is 0 Å². The van der Waals surface area contributed by atoms with Crippen molar-refractivity contribution in [3.63, 3.8) is 0 Å². The number of hydrogen-bond acceptors (Lipinski definition) is 2. The van der Waals surface area contributed by atoms with Crippen LogP contribution >= 0.6 is 0 Å². The Labute approximate surface area is 112 Å². The van der Waals surface area contributed by atoms with Crippen molar-refractivity contribution in [1.82, 2.24) is 4.98 Å². The molecule has 0 saturated carbocycles. The third-order valence-electron chi connectivity index (χ3n) is 3.33. The highest BCUT2D eigenvalue weighted by atomic mass is 16.3. The Kier molecular flexibility index (Phi) is 3.25. The molecular formula is C17H15NO. The number of benzene rings is 2. The highest BCUT2D eigenvalue weighted by molar-refractivity contribution is 5.84. The van der Waals surface area contributed by atoms with Gasteiger partial charge in [-0.3, -0.25) is 4.98 Å². The lowest BCUT2D eigenvalue weighted by atomic mass is 10.0. The Hall–Kier alpha value is -2.19. The molecule has 0 spiro atoms. The minimum atomic E-state index is -0.514. The quantitative estimate of drug-likeness (QED) is 0.770. The molecule has 1 heterocycles. The summed E-state index contributed by atoms with van der Waals surface area (Å²) in [6.07, 6.45) is 1.82. The highest BCUT2D eigenvalue weighted by Crippen LogP contribution is 2.22. The van der Waals surface area contributed by atoms with E-state index in [0.29, 0.717) is 6.42 Å². The summed E-state index contributed by atoms with van der Waals surface area (Å²) < 4.78 is 0. The number of hydrogen-bond donors (Lipinski definition) is 1. The van der Waals surface area contributed by atoms with Gasteiger partial charge in [0.15, 0.2) is 0 Å². The lowest BCUT2D eigenvalue weighted by Gasteiger charge is -2.12. The third-order valence-corrected chi connectivity index (χ3v) is 3.33. The van der Waals surface area contributed by atoms with Crippen molar-refractivity contribution in [2.75, 3.05) is 0 Å². The van der Waals surface area contributed by atoms with Crippen molar-refractivity contribution in [1.29, 1.82) is 0 Å². The third kappa shape index (κ3) is 2.49. The topological polar surface area (TPSA) is 33.1 Å². The lowest BCUT2D eigenvalue weighted by Crippen LogP contribution is -2.03. The van der Waals surface area contributed by atoms with Gasteiger partial charge in [0, 0.05) is 18.0 Å². The van der Waals surface area contributed by atoms with E-state index < -0.39 is 6.10 Å². The van der Waals surface area contributed by atoms with Crippen molar-refractivity contribution in [3.8, 4) is 0 Å². The maximum Gasteiger partial charge on any atom is 0.0845 e. The van der Waals surface area contributed by atoms with E-state index in [2.05, 4.69) is 17.1 Å². The summed E-state index contributed by atoms with van der Waals surface area (Å²) in [6, 6.07) is 19.8. The number of fused-ring (bicyclic) bond motifs is 1. The van der Waals surface area contributed by atoms with E-state index in [1.807, 2.05) is 48.5 Å². The molecular weight excluding hydrogens is 234 g/mol. The Morgan fingerprint density at radius 3 is 2.47 bits per heavy atom. The first-order valence-electron chi connectivity index (χ1n) is 6.40. The van der Waals surface area contributed by atoms with Gasteiger partial charge in [-0.25, -0.2) is 0 Å². The number of rotatable bonds is 3. The van der Waals surface area contributed by atoms with Crippen LogP contribution in [-0.2, 0) is 6.42 Å². The van der Waals surface area contributed by atoms with Crippen LogP contribution < -0.4 is 0 Å². The van der Waals surface area contributed by atoms with Crippen LogP contribution in [0.3, 0.4) is 0 Å². The van der Waals surface area contributed by atoms with Crippen LogP contribution in [0, 0.1) is 0 Å². The Balaban J connectivity index is 1.94. The molecule has 0 bridgehead atoms. The number of aliphatic hydroxyl groups is 1. The number of pyridine rings is 1. The van der Waals surface area contributed by atoms with Gasteiger partial charge in [-0.05, 0) is 17.0 Å². The second kappa shape index (κ2) is 5.21. The molecule has 3 rings (SSSR count). The molecule has 19 heavy (non-hydrogen) atoms. The van der Waals surface area contributed by atoms with E-state index in [4.69, 9.17) is 0 Å². The van der Waals surface area contributed by atoms with E-state index in [0.717, 1.165) is 22.0 Å². The van der Waals surface area contributed by atoms with Crippen LogP contribution in [0.2, 0.25) is 0 Å². The summed E-state index contributed by atoms with van der Waals surface area (Å²) in [6.45, 7) is 0. The van der Waals surface area contributed by atoms with Gasteiger partial charge in [-0.1, -0.05) is 54.6 Å². The van der Waals surface area contributed by atoms with Gasteiger partial charge in [-0.15, -0.1) is 0 Å². The van der Waals surface area contributed by atoms with Gasteiger partial charge < -0.3 is 5.11 Å². The molecule has 1 N–H and O–H groups in total. The van der Waals surface area contributed by atoms with Crippen LogP contribution in [0.15, 0.2) is 66.9 Å². The Morgan fingerprint density at radius 2 is 1.63 bits per heavy atom. The minimum absolute atomic E-state index is 0.514. The summed E-state index contributed by atoms with van der Waals surface area (Å²) in [5, 5.41) is 12.6. The SMILES string of the molecule is O[C@@H](Cc1nccc2ccccc12)c1ccccc1. The molecule has 94 valence electrons. The van der Waals surface area contributed by atoms with Crippen molar-refractivity contribution in [2.24, 2.45) is 0 Å². The van der Waals surface area contributed by atoms with Crippen LogP contribution in [0.25, 0.3) is 10.8 Å². The predicted octanol–water partition coefficient (Wildman–Crippen LogP) is 3.51. The molecule has 2 aromatic carbocycles. The van der Waals surface area contributed by atoms with Gasteiger partial charge in [-0.2, -0.15) is 0 Å². The molecule has 0 amide bonds. The monoisotopic (exact) mass is 249 g/mol. The number of aromatic nitrogens is 1. The number of nitrogens with zero attached hydrogens (tertiary/aromatic N) is 1. The zero-order valence-electron chi connectivity index (χ0n) is 10.5. The van der Waals surface area contributed by atoms with E-state index in [9.17, 15) is 5.11 Å². The first-order chi connectivity index (χ1) is 9.34. The fourth-order valence-corrected chi connectivity index (χ4v) is 2.32. The van der Waals surface area contributed by atoms with Gasteiger partial charge in [0.25, 0.3) is 0 Å². The molecule has 0 aliphatic carbocycles.